The van der Waals surface area contributed by atoms with Gasteiger partial charge in [-0.05, 0) is 13.3 Å². The molecule has 0 bridgehead atoms. The first kappa shape index (κ1) is 9.93. The summed E-state index contributed by atoms with van der Waals surface area (Å²) in [5, 5.41) is 9.27. The Kier molecular flexibility index (Phi) is 2.74. The Hall–Kier alpha value is -0.610. The van der Waals surface area contributed by atoms with E-state index in [1.807, 2.05) is 11.8 Å². The summed E-state index contributed by atoms with van der Waals surface area (Å²) in [4.78, 5) is 15.6. The highest BCUT2D eigenvalue weighted by Crippen LogP contribution is 2.22. The third-order valence-corrected chi connectivity index (χ3v) is 3.10. The van der Waals surface area contributed by atoms with E-state index in [9.17, 15) is 9.90 Å². The lowest BCUT2D eigenvalue weighted by atomic mass is 10.1. The number of β-amino-alcohol motifs (C(OH)–C–C–N with tert-alkyl or cyclic N) is 1. The van der Waals surface area contributed by atoms with Gasteiger partial charge in [-0.2, -0.15) is 0 Å². The van der Waals surface area contributed by atoms with Crippen LogP contribution in [0.5, 0.6) is 0 Å². The van der Waals surface area contributed by atoms with E-state index in [1.165, 1.54) is 0 Å². The van der Waals surface area contributed by atoms with Crippen LogP contribution in [0.15, 0.2) is 0 Å². The molecule has 0 aliphatic carbocycles. The van der Waals surface area contributed by atoms with Crippen LogP contribution in [0.4, 0.5) is 0 Å². The number of aliphatic hydroxyl groups excluding tert-OH is 1. The van der Waals surface area contributed by atoms with Gasteiger partial charge in [-0.15, -0.1) is 0 Å². The second-order valence-electron chi connectivity index (χ2n) is 4.39. The average Bonchev–Trinajstić information content (AvgIpc) is 2.46. The van der Waals surface area contributed by atoms with Gasteiger partial charge in [0.05, 0.1) is 6.10 Å². The van der Waals surface area contributed by atoms with Crippen molar-refractivity contribution in [3.05, 3.63) is 0 Å². The molecule has 14 heavy (non-hydrogen) atoms. The normalized spacial score (nSPS) is 30.6. The fourth-order valence-corrected chi connectivity index (χ4v) is 2.47. The lowest BCUT2D eigenvalue weighted by molar-refractivity contribution is -0.130. The first-order valence-corrected chi connectivity index (χ1v) is 5.36. The molecule has 2 rings (SSSR count). The molecule has 1 unspecified atom stereocenters. The Bertz CT molecular complexity index is 230. The summed E-state index contributed by atoms with van der Waals surface area (Å²) >= 11 is 0. The third kappa shape index (κ3) is 1.91. The van der Waals surface area contributed by atoms with Gasteiger partial charge in [0, 0.05) is 38.6 Å². The van der Waals surface area contributed by atoms with Crippen LogP contribution in [-0.4, -0.2) is 59.1 Å². The zero-order valence-electron chi connectivity index (χ0n) is 8.65. The monoisotopic (exact) mass is 198 g/mol. The number of fused-ring (bicyclic) bond motifs is 1. The molecule has 1 amide bonds. The standard InChI is InChI=1S/C10H18N2O2/c1-8(13)6-11-4-5-12-9(7-11)2-3-10(12)14/h8-9,13H,2-7H2,1H3/t8-,9?/m0/s1. The molecule has 2 aliphatic heterocycles. The zero-order chi connectivity index (χ0) is 10.1. The van der Waals surface area contributed by atoms with Crippen molar-refractivity contribution in [1.82, 2.24) is 9.80 Å². The van der Waals surface area contributed by atoms with E-state index in [4.69, 9.17) is 0 Å². The third-order valence-electron chi connectivity index (χ3n) is 3.10. The molecule has 0 saturated carbocycles. The topological polar surface area (TPSA) is 43.8 Å². The van der Waals surface area contributed by atoms with Crippen molar-refractivity contribution in [2.24, 2.45) is 0 Å². The summed E-state index contributed by atoms with van der Waals surface area (Å²) in [7, 11) is 0. The fourth-order valence-electron chi connectivity index (χ4n) is 2.47. The minimum Gasteiger partial charge on any atom is -0.392 e. The van der Waals surface area contributed by atoms with Gasteiger partial charge in [0.15, 0.2) is 0 Å². The molecule has 0 radical (unpaired) electrons. The summed E-state index contributed by atoms with van der Waals surface area (Å²) in [6.45, 7) is 5.24. The average molecular weight is 198 g/mol. The maximum Gasteiger partial charge on any atom is 0.222 e. The Morgan fingerprint density at radius 3 is 3.07 bits per heavy atom. The van der Waals surface area contributed by atoms with Crippen molar-refractivity contribution < 1.29 is 9.90 Å². The first-order chi connectivity index (χ1) is 6.66. The van der Waals surface area contributed by atoms with Crippen molar-refractivity contribution >= 4 is 5.91 Å². The molecular formula is C10H18N2O2. The van der Waals surface area contributed by atoms with Gasteiger partial charge in [-0.25, -0.2) is 0 Å². The van der Waals surface area contributed by atoms with Crippen LogP contribution in [0.25, 0.3) is 0 Å². The second kappa shape index (κ2) is 3.87. The molecule has 1 N–H and O–H groups in total. The molecule has 4 heteroatoms. The largest absolute Gasteiger partial charge is 0.392 e. The lowest BCUT2D eigenvalue weighted by Crippen LogP contribution is -2.52. The van der Waals surface area contributed by atoms with Crippen LogP contribution in [0.3, 0.4) is 0 Å². The summed E-state index contributed by atoms with van der Waals surface area (Å²) in [5.74, 6) is 0.312. The number of nitrogens with zero attached hydrogens (tertiary/aromatic N) is 2. The molecule has 80 valence electrons. The second-order valence-corrected chi connectivity index (χ2v) is 4.39. The number of rotatable bonds is 2. The highest BCUT2D eigenvalue weighted by atomic mass is 16.3. The maximum atomic E-state index is 11.4. The van der Waals surface area contributed by atoms with Gasteiger partial charge in [0.25, 0.3) is 0 Å². The zero-order valence-corrected chi connectivity index (χ0v) is 8.65. The van der Waals surface area contributed by atoms with Gasteiger partial charge in [-0.3, -0.25) is 9.69 Å². The smallest absolute Gasteiger partial charge is 0.222 e. The molecule has 2 heterocycles. The van der Waals surface area contributed by atoms with Crippen LogP contribution in [0.2, 0.25) is 0 Å². The molecule has 2 aliphatic rings. The van der Waals surface area contributed by atoms with Gasteiger partial charge in [0.2, 0.25) is 5.91 Å². The molecule has 0 aromatic carbocycles. The molecule has 0 aromatic heterocycles. The van der Waals surface area contributed by atoms with Crippen LogP contribution in [0.1, 0.15) is 19.8 Å². The maximum absolute atomic E-state index is 11.4. The van der Waals surface area contributed by atoms with Gasteiger partial charge in [0.1, 0.15) is 0 Å². The molecule has 0 aromatic rings. The number of carbonyl (C=O) groups excluding carboxylic acids is 1. The summed E-state index contributed by atoms with van der Waals surface area (Å²) in [6, 6.07) is 0.412. The predicted octanol–water partition coefficient (Wildman–Crippen LogP) is -0.326. The van der Waals surface area contributed by atoms with Crippen LogP contribution >= 0.6 is 0 Å². The van der Waals surface area contributed by atoms with E-state index in [0.717, 1.165) is 32.6 Å². The number of hydrogen-bond donors (Lipinski definition) is 1. The summed E-state index contributed by atoms with van der Waals surface area (Å²) in [5.41, 5.74) is 0. The SMILES string of the molecule is C[C@H](O)CN1CCN2C(=O)CCC2C1. The van der Waals surface area contributed by atoms with Crippen molar-refractivity contribution in [3.8, 4) is 0 Å². The van der Waals surface area contributed by atoms with Crippen molar-refractivity contribution in [1.29, 1.82) is 0 Å². The Morgan fingerprint density at radius 2 is 2.36 bits per heavy atom. The predicted molar refractivity (Wildman–Crippen MR) is 52.9 cm³/mol. The Balaban J connectivity index is 1.89. The van der Waals surface area contributed by atoms with Crippen LogP contribution in [-0.2, 0) is 4.79 Å². The van der Waals surface area contributed by atoms with E-state index < -0.39 is 0 Å². The highest BCUT2D eigenvalue weighted by molar-refractivity contribution is 5.78. The van der Waals surface area contributed by atoms with E-state index >= 15 is 0 Å². The van der Waals surface area contributed by atoms with Crippen molar-refractivity contribution in [3.63, 3.8) is 0 Å². The van der Waals surface area contributed by atoms with E-state index in [-0.39, 0.29) is 6.10 Å². The fraction of sp³-hybridized carbons (Fsp3) is 0.900. The Labute approximate surface area is 84.5 Å². The van der Waals surface area contributed by atoms with Gasteiger partial charge in [-0.1, -0.05) is 0 Å². The van der Waals surface area contributed by atoms with Crippen molar-refractivity contribution in [2.45, 2.75) is 31.9 Å². The molecular weight excluding hydrogens is 180 g/mol. The quantitative estimate of drug-likeness (QED) is 0.661. The summed E-state index contributed by atoms with van der Waals surface area (Å²) < 4.78 is 0. The van der Waals surface area contributed by atoms with Gasteiger partial charge < -0.3 is 10.0 Å². The molecule has 4 nitrogen and oxygen atoms in total. The van der Waals surface area contributed by atoms with Crippen LogP contribution < -0.4 is 0 Å². The van der Waals surface area contributed by atoms with Crippen LogP contribution in [0, 0.1) is 0 Å². The molecule has 2 atom stereocenters. The molecule has 2 saturated heterocycles. The van der Waals surface area contributed by atoms with E-state index in [0.29, 0.717) is 18.4 Å². The Morgan fingerprint density at radius 1 is 1.57 bits per heavy atom. The van der Waals surface area contributed by atoms with Crippen molar-refractivity contribution in [2.75, 3.05) is 26.2 Å². The number of carbonyl (C=O) groups is 1. The number of aliphatic hydroxyl groups is 1. The number of hydrogen-bond acceptors (Lipinski definition) is 3. The highest BCUT2D eigenvalue weighted by Gasteiger charge is 2.35. The minimum atomic E-state index is -0.265. The summed E-state index contributed by atoms with van der Waals surface area (Å²) in [6.07, 6.45) is 1.45. The molecule has 2 fully saturated rings. The molecule has 0 spiro atoms. The lowest BCUT2D eigenvalue weighted by Gasteiger charge is -2.37. The number of amides is 1. The first-order valence-electron chi connectivity index (χ1n) is 5.36. The number of piperazine rings is 1. The minimum absolute atomic E-state index is 0.265. The van der Waals surface area contributed by atoms with E-state index in [1.54, 1.807) is 0 Å². The van der Waals surface area contributed by atoms with E-state index in [2.05, 4.69) is 4.90 Å². The van der Waals surface area contributed by atoms with Gasteiger partial charge >= 0.3 is 0 Å².